The predicted octanol–water partition coefficient (Wildman–Crippen LogP) is 3.69. The van der Waals surface area contributed by atoms with Crippen LogP contribution in [0.25, 0.3) is 0 Å². The number of amides is 1. The van der Waals surface area contributed by atoms with Crippen molar-refractivity contribution in [1.82, 2.24) is 4.98 Å². The number of carbonyl (C=O) groups excluding carboxylic acids is 1. The van der Waals surface area contributed by atoms with Crippen molar-refractivity contribution in [2.45, 2.75) is 13.1 Å². The molecule has 10 heteroatoms. The molecule has 1 aromatic heterocycles. The number of alkyl halides is 3. The Morgan fingerprint density at radius 1 is 1.15 bits per heavy atom. The van der Waals surface area contributed by atoms with Gasteiger partial charge in [-0.3, -0.25) is 9.69 Å². The first-order chi connectivity index (χ1) is 12.2. The quantitative estimate of drug-likeness (QED) is 0.753. The molecule has 26 heavy (non-hydrogen) atoms. The summed E-state index contributed by atoms with van der Waals surface area (Å²) in [5, 5.41) is 1.53. The van der Waals surface area contributed by atoms with E-state index in [0.717, 1.165) is 11.3 Å². The van der Waals surface area contributed by atoms with Crippen molar-refractivity contribution >= 4 is 22.4 Å². The third-order valence-electron chi connectivity index (χ3n) is 3.33. The van der Waals surface area contributed by atoms with Crippen LogP contribution in [-0.2, 0) is 0 Å². The molecule has 0 aliphatic heterocycles. The molecule has 1 amide bonds. The summed E-state index contributed by atoms with van der Waals surface area (Å²) in [5.74, 6) is -0.315. The maximum atomic E-state index is 13.0. The number of hydrogen-bond acceptors (Lipinski definition) is 6. The van der Waals surface area contributed by atoms with Gasteiger partial charge in [-0.15, -0.1) is 11.3 Å². The first-order valence-electron chi connectivity index (χ1n) is 7.31. The average molecular weight is 390 g/mol. The number of aromatic nitrogens is 1. The largest absolute Gasteiger partial charge is 0.493 e. The summed E-state index contributed by atoms with van der Waals surface area (Å²) in [4.78, 5) is 17.4. The van der Waals surface area contributed by atoms with Crippen LogP contribution >= 0.6 is 11.3 Å². The Labute approximate surface area is 152 Å². The lowest BCUT2D eigenvalue weighted by Crippen LogP contribution is -2.39. The summed E-state index contributed by atoms with van der Waals surface area (Å²) in [7, 11) is 4.09. The summed E-state index contributed by atoms with van der Waals surface area (Å²) in [6.45, 7) is 0.172. The topological polar surface area (TPSA) is 60.9 Å². The van der Waals surface area contributed by atoms with Gasteiger partial charge in [0.15, 0.2) is 16.6 Å². The van der Waals surface area contributed by atoms with Crippen LogP contribution in [0.4, 0.5) is 18.3 Å². The molecule has 1 heterocycles. The molecule has 0 N–H and O–H groups in total. The second-order valence-corrected chi connectivity index (χ2v) is 6.03. The highest BCUT2D eigenvalue weighted by molar-refractivity contribution is 7.14. The number of ether oxygens (including phenoxy) is 3. The van der Waals surface area contributed by atoms with Gasteiger partial charge in [-0.1, -0.05) is 0 Å². The summed E-state index contributed by atoms with van der Waals surface area (Å²) in [5.41, 5.74) is 0.478. The maximum Gasteiger partial charge on any atom is 0.406 e. The van der Waals surface area contributed by atoms with Crippen LogP contribution in [0.2, 0.25) is 0 Å². The monoisotopic (exact) mass is 390 g/mol. The van der Waals surface area contributed by atoms with Crippen molar-refractivity contribution in [2.75, 3.05) is 32.8 Å². The number of aryl methyl sites for hydroxylation is 1. The standard InChI is InChI=1S/C16H17F3N2O4S/c1-9-7-26-15(20-9)21(8-16(17,18)19)14(22)10-5-11(23-2)13(25-4)12(6-10)24-3/h5-7H,8H2,1-4H3. The van der Waals surface area contributed by atoms with Crippen LogP contribution in [0.1, 0.15) is 16.1 Å². The fourth-order valence-electron chi connectivity index (χ4n) is 2.23. The molecule has 0 aliphatic rings. The second kappa shape index (κ2) is 7.81. The Morgan fingerprint density at radius 2 is 1.73 bits per heavy atom. The third-order valence-corrected chi connectivity index (χ3v) is 4.31. The Bertz CT molecular complexity index is 767. The summed E-state index contributed by atoms with van der Waals surface area (Å²) in [6, 6.07) is 2.60. The number of hydrogen-bond donors (Lipinski definition) is 0. The van der Waals surface area contributed by atoms with Crippen molar-refractivity contribution in [1.29, 1.82) is 0 Å². The fourth-order valence-corrected chi connectivity index (χ4v) is 3.03. The normalized spacial score (nSPS) is 11.2. The minimum atomic E-state index is -4.59. The van der Waals surface area contributed by atoms with Gasteiger partial charge >= 0.3 is 6.18 Å². The van der Waals surface area contributed by atoms with Crippen LogP contribution in [0, 0.1) is 6.92 Å². The molecule has 1 aromatic carbocycles. The molecule has 0 spiro atoms. The first kappa shape index (κ1) is 19.8. The summed E-state index contributed by atoms with van der Waals surface area (Å²) >= 11 is 0.956. The van der Waals surface area contributed by atoms with Gasteiger partial charge in [0.05, 0.1) is 27.0 Å². The van der Waals surface area contributed by atoms with E-state index in [2.05, 4.69) is 4.98 Å². The second-order valence-electron chi connectivity index (χ2n) is 5.19. The van der Waals surface area contributed by atoms with Gasteiger partial charge in [0.2, 0.25) is 5.75 Å². The van der Waals surface area contributed by atoms with Crippen LogP contribution < -0.4 is 19.1 Å². The highest BCUT2D eigenvalue weighted by atomic mass is 32.1. The van der Waals surface area contributed by atoms with E-state index in [1.54, 1.807) is 12.3 Å². The van der Waals surface area contributed by atoms with Gasteiger partial charge in [-0.05, 0) is 19.1 Å². The average Bonchev–Trinajstić information content (AvgIpc) is 3.03. The Hall–Kier alpha value is -2.49. The Kier molecular flexibility index (Phi) is 5.96. The molecule has 0 saturated heterocycles. The molecule has 0 aliphatic carbocycles. The summed E-state index contributed by atoms with van der Waals surface area (Å²) in [6.07, 6.45) is -4.59. The third kappa shape index (κ3) is 4.37. The smallest absolute Gasteiger partial charge is 0.406 e. The number of thiazole rings is 1. The zero-order chi connectivity index (χ0) is 19.5. The maximum absolute atomic E-state index is 13.0. The minimum absolute atomic E-state index is 0.0430. The van der Waals surface area contributed by atoms with Crippen molar-refractivity contribution in [2.24, 2.45) is 0 Å². The number of nitrogens with zero attached hydrogens (tertiary/aromatic N) is 2. The first-order valence-corrected chi connectivity index (χ1v) is 8.19. The van der Waals surface area contributed by atoms with E-state index in [1.807, 2.05) is 0 Å². The fraction of sp³-hybridized carbons (Fsp3) is 0.375. The van der Waals surface area contributed by atoms with Gasteiger partial charge in [0.25, 0.3) is 5.91 Å². The molecule has 0 unspecified atom stereocenters. The van der Waals surface area contributed by atoms with Crippen LogP contribution in [0.3, 0.4) is 0 Å². The zero-order valence-electron chi connectivity index (χ0n) is 14.5. The van der Waals surface area contributed by atoms with Crippen molar-refractivity contribution in [3.63, 3.8) is 0 Å². The van der Waals surface area contributed by atoms with Crippen LogP contribution in [0.15, 0.2) is 17.5 Å². The molecular formula is C16H17F3N2O4S. The van der Waals surface area contributed by atoms with E-state index in [1.165, 1.54) is 33.5 Å². The highest BCUT2D eigenvalue weighted by Gasteiger charge is 2.36. The van der Waals surface area contributed by atoms with E-state index >= 15 is 0 Å². The van der Waals surface area contributed by atoms with E-state index in [4.69, 9.17) is 14.2 Å². The van der Waals surface area contributed by atoms with Gasteiger partial charge < -0.3 is 14.2 Å². The SMILES string of the molecule is COc1cc(C(=O)N(CC(F)(F)F)c2nc(C)cs2)cc(OC)c1OC. The Balaban J connectivity index is 2.51. The number of methoxy groups -OCH3 is 3. The molecule has 0 bridgehead atoms. The number of benzene rings is 1. The molecular weight excluding hydrogens is 373 g/mol. The van der Waals surface area contributed by atoms with Crippen LogP contribution in [-0.4, -0.2) is 44.9 Å². The van der Waals surface area contributed by atoms with Crippen molar-refractivity contribution in [3.05, 3.63) is 28.8 Å². The molecule has 6 nitrogen and oxygen atoms in total. The molecule has 0 saturated carbocycles. The van der Waals surface area contributed by atoms with Crippen molar-refractivity contribution < 1.29 is 32.2 Å². The lowest BCUT2D eigenvalue weighted by atomic mass is 10.1. The summed E-state index contributed by atoms with van der Waals surface area (Å²) < 4.78 is 54.4. The van der Waals surface area contributed by atoms with Gasteiger partial charge in [-0.2, -0.15) is 13.2 Å². The van der Waals surface area contributed by atoms with E-state index in [0.29, 0.717) is 10.6 Å². The molecule has 2 rings (SSSR count). The molecule has 2 aromatic rings. The highest BCUT2D eigenvalue weighted by Crippen LogP contribution is 2.39. The van der Waals surface area contributed by atoms with Gasteiger partial charge in [-0.25, -0.2) is 4.98 Å². The number of anilines is 1. The van der Waals surface area contributed by atoms with Gasteiger partial charge in [0.1, 0.15) is 6.54 Å². The molecule has 0 fully saturated rings. The van der Waals surface area contributed by atoms with E-state index < -0.39 is 18.6 Å². The molecule has 0 radical (unpaired) electrons. The number of halogens is 3. The molecule has 142 valence electrons. The lowest BCUT2D eigenvalue weighted by Gasteiger charge is -2.22. The lowest BCUT2D eigenvalue weighted by molar-refractivity contribution is -0.118. The minimum Gasteiger partial charge on any atom is -0.493 e. The van der Waals surface area contributed by atoms with E-state index in [9.17, 15) is 18.0 Å². The Morgan fingerprint density at radius 3 is 2.12 bits per heavy atom. The predicted molar refractivity (Wildman–Crippen MR) is 90.7 cm³/mol. The van der Waals surface area contributed by atoms with Crippen molar-refractivity contribution in [3.8, 4) is 17.2 Å². The number of rotatable bonds is 6. The van der Waals surface area contributed by atoms with Gasteiger partial charge in [0, 0.05) is 10.9 Å². The van der Waals surface area contributed by atoms with Crippen LogP contribution in [0.5, 0.6) is 17.2 Å². The number of carbonyl (C=O) groups is 1. The van der Waals surface area contributed by atoms with E-state index in [-0.39, 0.29) is 27.9 Å². The molecule has 0 atom stereocenters. The zero-order valence-corrected chi connectivity index (χ0v) is 15.3.